The first kappa shape index (κ1) is 11.5. The molecule has 0 spiro atoms. The maximum Gasteiger partial charge on any atom is 0.306 e. The smallest absolute Gasteiger partial charge is 0.306 e. The van der Waals surface area contributed by atoms with Crippen LogP contribution in [0.1, 0.15) is 12.6 Å². The van der Waals surface area contributed by atoms with Crippen LogP contribution in [-0.4, -0.2) is 30.2 Å². The van der Waals surface area contributed by atoms with Crippen molar-refractivity contribution in [3.63, 3.8) is 0 Å². The molecule has 1 heterocycles. The normalized spacial score (nSPS) is 12.2. The molecule has 0 fully saturated rings. The van der Waals surface area contributed by atoms with Gasteiger partial charge in [0.05, 0.1) is 5.92 Å². The Morgan fingerprint density at radius 1 is 1.60 bits per heavy atom. The molecule has 1 aromatic rings. The van der Waals surface area contributed by atoms with E-state index in [1.54, 1.807) is 13.1 Å². The molecule has 0 saturated heterocycles. The van der Waals surface area contributed by atoms with Crippen LogP contribution in [0.2, 0.25) is 0 Å². The van der Waals surface area contributed by atoms with Gasteiger partial charge in [-0.25, -0.2) is 0 Å². The second kappa shape index (κ2) is 4.77. The first-order valence-corrected chi connectivity index (χ1v) is 4.85. The molecule has 15 heavy (non-hydrogen) atoms. The molecular formula is C11H16N2O2. The molecular weight excluding hydrogens is 192 g/mol. The number of pyridine rings is 1. The van der Waals surface area contributed by atoms with Crippen molar-refractivity contribution in [2.45, 2.75) is 13.3 Å². The van der Waals surface area contributed by atoms with E-state index in [0.717, 1.165) is 11.4 Å². The Bertz CT molecular complexity index is 350. The third kappa shape index (κ3) is 3.23. The summed E-state index contributed by atoms with van der Waals surface area (Å²) in [7, 11) is 3.89. The number of nitrogens with zero attached hydrogens (tertiary/aromatic N) is 2. The Kier molecular flexibility index (Phi) is 3.66. The zero-order valence-electron chi connectivity index (χ0n) is 9.27. The molecule has 0 aliphatic carbocycles. The van der Waals surface area contributed by atoms with Crippen LogP contribution in [0.4, 0.5) is 5.69 Å². The lowest BCUT2D eigenvalue weighted by atomic mass is 10.1. The molecule has 1 unspecified atom stereocenters. The summed E-state index contributed by atoms with van der Waals surface area (Å²) >= 11 is 0. The highest BCUT2D eigenvalue weighted by molar-refractivity contribution is 5.69. The fourth-order valence-electron chi connectivity index (χ4n) is 1.26. The summed E-state index contributed by atoms with van der Waals surface area (Å²) in [6, 6.07) is 3.81. The standard InChI is InChI=1S/C11H16N2O2/c1-8(11(14)15)6-9-7-10(13(2)3)4-5-12-9/h4-5,7-8H,6H2,1-3H3,(H,14,15). The number of carboxylic acids is 1. The second-order valence-corrected chi connectivity index (χ2v) is 3.84. The van der Waals surface area contributed by atoms with Gasteiger partial charge in [-0.1, -0.05) is 6.92 Å². The number of aromatic nitrogens is 1. The Hall–Kier alpha value is -1.58. The minimum atomic E-state index is -0.785. The number of aliphatic carboxylic acids is 1. The molecule has 4 nitrogen and oxygen atoms in total. The summed E-state index contributed by atoms with van der Waals surface area (Å²) in [4.78, 5) is 16.8. The van der Waals surface area contributed by atoms with Gasteiger partial charge in [-0.3, -0.25) is 9.78 Å². The average Bonchev–Trinajstić information content (AvgIpc) is 2.18. The molecule has 0 aromatic carbocycles. The highest BCUT2D eigenvalue weighted by atomic mass is 16.4. The van der Waals surface area contributed by atoms with Crippen LogP contribution >= 0.6 is 0 Å². The highest BCUT2D eigenvalue weighted by Crippen LogP contribution is 2.14. The molecule has 0 saturated carbocycles. The van der Waals surface area contributed by atoms with Gasteiger partial charge in [-0.2, -0.15) is 0 Å². The summed E-state index contributed by atoms with van der Waals surface area (Å²) in [5.41, 5.74) is 1.86. The molecule has 1 aromatic heterocycles. The average molecular weight is 208 g/mol. The molecule has 0 bridgehead atoms. The predicted molar refractivity (Wildman–Crippen MR) is 59.1 cm³/mol. The van der Waals surface area contributed by atoms with Crippen LogP contribution in [0.25, 0.3) is 0 Å². The monoisotopic (exact) mass is 208 g/mol. The Balaban J connectivity index is 2.78. The maximum absolute atomic E-state index is 10.7. The van der Waals surface area contributed by atoms with E-state index in [2.05, 4.69) is 4.98 Å². The van der Waals surface area contributed by atoms with Gasteiger partial charge in [-0.05, 0) is 12.1 Å². The lowest BCUT2D eigenvalue weighted by molar-refractivity contribution is -0.141. The fourth-order valence-corrected chi connectivity index (χ4v) is 1.26. The van der Waals surface area contributed by atoms with Crippen molar-refractivity contribution in [2.75, 3.05) is 19.0 Å². The van der Waals surface area contributed by atoms with E-state index in [9.17, 15) is 4.79 Å². The molecule has 1 rings (SSSR count). The van der Waals surface area contributed by atoms with Crippen molar-refractivity contribution >= 4 is 11.7 Å². The van der Waals surface area contributed by atoms with Crippen LogP contribution in [-0.2, 0) is 11.2 Å². The highest BCUT2D eigenvalue weighted by Gasteiger charge is 2.12. The van der Waals surface area contributed by atoms with E-state index >= 15 is 0 Å². The summed E-state index contributed by atoms with van der Waals surface area (Å²) in [5.74, 6) is -1.18. The summed E-state index contributed by atoms with van der Waals surface area (Å²) in [6.07, 6.45) is 2.18. The van der Waals surface area contributed by atoms with Crippen LogP contribution in [0.3, 0.4) is 0 Å². The van der Waals surface area contributed by atoms with E-state index < -0.39 is 11.9 Å². The van der Waals surface area contributed by atoms with Gasteiger partial charge in [0.25, 0.3) is 0 Å². The fraction of sp³-hybridized carbons (Fsp3) is 0.455. The zero-order valence-corrected chi connectivity index (χ0v) is 9.27. The lowest BCUT2D eigenvalue weighted by Crippen LogP contribution is -2.14. The van der Waals surface area contributed by atoms with Crippen LogP contribution in [0.15, 0.2) is 18.3 Å². The molecule has 1 N–H and O–H groups in total. The zero-order chi connectivity index (χ0) is 11.4. The predicted octanol–water partition coefficient (Wildman–Crippen LogP) is 1.41. The van der Waals surface area contributed by atoms with Gasteiger partial charge >= 0.3 is 5.97 Å². The van der Waals surface area contributed by atoms with Gasteiger partial charge in [0.1, 0.15) is 0 Å². The number of hydrogen-bond donors (Lipinski definition) is 1. The first-order valence-electron chi connectivity index (χ1n) is 4.85. The minimum absolute atomic E-state index is 0.394. The SMILES string of the molecule is CC(Cc1cc(N(C)C)ccn1)C(=O)O. The molecule has 0 aliphatic heterocycles. The van der Waals surface area contributed by atoms with E-state index in [1.807, 2.05) is 31.1 Å². The van der Waals surface area contributed by atoms with E-state index in [1.165, 1.54) is 0 Å². The van der Waals surface area contributed by atoms with Gasteiger partial charge in [0.15, 0.2) is 0 Å². The van der Waals surface area contributed by atoms with E-state index in [0.29, 0.717) is 6.42 Å². The number of hydrogen-bond acceptors (Lipinski definition) is 3. The topological polar surface area (TPSA) is 53.4 Å². The Labute approximate surface area is 89.6 Å². The molecule has 0 radical (unpaired) electrons. The Morgan fingerprint density at radius 2 is 2.27 bits per heavy atom. The first-order chi connectivity index (χ1) is 7.00. The van der Waals surface area contributed by atoms with Crippen LogP contribution in [0, 0.1) is 5.92 Å². The van der Waals surface area contributed by atoms with Crippen molar-refractivity contribution in [3.05, 3.63) is 24.0 Å². The Morgan fingerprint density at radius 3 is 2.80 bits per heavy atom. The van der Waals surface area contributed by atoms with E-state index in [4.69, 9.17) is 5.11 Å². The van der Waals surface area contributed by atoms with Crippen molar-refractivity contribution in [3.8, 4) is 0 Å². The maximum atomic E-state index is 10.7. The van der Waals surface area contributed by atoms with Crippen molar-refractivity contribution < 1.29 is 9.90 Å². The van der Waals surface area contributed by atoms with Gasteiger partial charge < -0.3 is 10.0 Å². The largest absolute Gasteiger partial charge is 0.481 e. The lowest BCUT2D eigenvalue weighted by Gasteiger charge is -2.13. The molecule has 0 aliphatic rings. The second-order valence-electron chi connectivity index (χ2n) is 3.84. The summed E-state index contributed by atoms with van der Waals surface area (Å²) in [6.45, 7) is 1.69. The molecule has 1 atom stereocenters. The molecule has 4 heteroatoms. The number of carbonyl (C=O) groups is 1. The summed E-state index contributed by atoms with van der Waals surface area (Å²) in [5, 5.41) is 8.78. The number of carboxylic acid groups (broad SMARTS) is 1. The summed E-state index contributed by atoms with van der Waals surface area (Å²) < 4.78 is 0. The molecule has 82 valence electrons. The van der Waals surface area contributed by atoms with Crippen molar-refractivity contribution in [1.29, 1.82) is 0 Å². The van der Waals surface area contributed by atoms with Crippen molar-refractivity contribution in [1.82, 2.24) is 4.98 Å². The number of rotatable bonds is 4. The van der Waals surface area contributed by atoms with Crippen LogP contribution in [0.5, 0.6) is 0 Å². The number of anilines is 1. The van der Waals surface area contributed by atoms with Gasteiger partial charge in [-0.15, -0.1) is 0 Å². The van der Waals surface area contributed by atoms with E-state index in [-0.39, 0.29) is 0 Å². The van der Waals surface area contributed by atoms with Crippen LogP contribution < -0.4 is 4.90 Å². The third-order valence-electron chi connectivity index (χ3n) is 2.25. The van der Waals surface area contributed by atoms with Gasteiger partial charge in [0, 0.05) is 38.1 Å². The van der Waals surface area contributed by atoms with Crippen molar-refractivity contribution in [2.24, 2.45) is 5.92 Å². The third-order valence-corrected chi connectivity index (χ3v) is 2.25. The minimum Gasteiger partial charge on any atom is -0.481 e. The van der Waals surface area contributed by atoms with Gasteiger partial charge in [0.2, 0.25) is 0 Å². The quantitative estimate of drug-likeness (QED) is 0.812. The molecule has 0 amide bonds.